The predicted molar refractivity (Wildman–Crippen MR) is 84.8 cm³/mol. The molecule has 0 aliphatic carbocycles. The molecule has 0 aliphatic heterocycles. The number of hydrogen-bond acceptors (Lipinski definition) is 3. The van der Waals surface area contributed by atoms with Crippen LogP contribution in [-0.4, -0.2) is 22.9 Å². The molecule has 4 heteroatoms. The first-order chi connectivity index (χ1) is 10.6. The van der Waals surface area contributed by atoms with E-state index < -0.39 is 12.0 Å². The molecule has 0 saturated heterocycles. The van der Waals surface area contributed by atoms with Gasteiger partial charge in [-0.05, 0) is 12.5 Å². The van der Waals surface area contributed by atoms with Gasteiger partial charge in [-0.1, -0.05) is 60.7 Å². The summed E-state index contributed by atoms with van der Waals surface area (Å²) in [4.78, 5) is 23.6. The molecular weight excluding hydrogens is 278 g/mol. The van der Waals surface area contributed by atoms with Gasteiger partial charge in [-0.2, -0.15) is 0 Å². The van der Waals surface area contributed by atoms with E-state index in [4.69, 9.17) is 0 Å². The van der Waals surface area contributed by atoms with Gasteiger partial charge in [0.1, 0.15) is 6.04 Å². The van der Waals surface area contributed by atoms with Crippen LogP contribution in [0.15, 0.2) is 60.7 Å². The summed E-state index contributed by atoms with van der Waals surface area (Å²) < 4.78 is 0. The fourth-order valence-electron chi connectivity index (χ4n) is 2.28. The zero-order valence-corrected chi connectivity index (χ0v) is 12.4. The van der Waals surface area contributed by atoms with Crippen molar-refractivity contribution in [3.05, 3.63) is 71.8 Å². The molecule has 0 bridgehead atoms. The topological polar surface area (TPSA) is 66.4 Å². The second-order valence-electron chi connectivity index (χ2n) is 5.18. The van der Waals surface area contributed by atoms with E-state index in [1.807, 2.05) is 43.3 Å². The van der Waals surface area contributed by atoms with Crippen molar-refractivity contribution in [1.82, 2.24) is 5.32 Å². The molecule has 2 aromatic carbocycles. The molecule has 2 atom stereocenters. The van der Waals surface area contributed by atoms with Crippen LogP contribution in [0.2, 0.25) is 0 Å². The molecule has 0 spiro atoms. The molecule has 22 heavy (non-hydrogen) atoms. The third kappa shape index (κ3) is 4.27. The average Bonchev–Trinajstić information content (AvgIpc) is 2.55. The summed E-state index contributed by atoms with van der Waals surface area (Å²) >= 11 is 0. The molecular formula is C18H19NO3. The van der Waals surface area contributed by atoms with Crippen molar-refractivity contribution >= 4 is 11.8 Å². The maximum atomic E-state index is 12.2. The third-order valence-electron chi connectivity index (χ3n) is 3.53. The van der Waals surface area contributed by atoms with Crippen molar-refractivity contribution < 1.29 is 14.7 Å². The van der Waals surface area contributed by atoms with Crippen molar-refractivity contribution in [3.8, 4) is 0 Å². The number of nitrogens with one attached hydrogen (secondary N) is 1. The molecule has 0 aromatic heterocycles. The average molecular weight is 297 g/mol. The molecule has 2 aromatic rings. The highest BCUT2D eigenvalue weighted by atomic mass is 16.4. The van der Waals surface area contributed by atoms with E-state index in [0.29, 0.717) is 5.56 Å². The van der Waals surface area contributed by atoms with Crippen molar-refractivity contribution in [2.24, 2.45) is 0 Å². The Labute approximate surface area is 129 Å². The van der Waals surface area contributed by atoms with Crippen LogP contribution >= 0.6 is 0 Å². The third-order valence-corrected chi connectivity index (χ3v) is 3.53. The Morgan fingerprint density at radius 3 is 2.09 bits per heavy atom. The standard InChI is InChI=1S/C18H19NO3/c1-13(14-8-4-2-5-9-14)19-16(18(21)22)12-17(20)15-10-6-3-7-11-15/h2-11,13,16,19H,12H2,1H3,(H,21,22)/t13-,16?/m0/s1. The highest BCUT2D eigenvalue weighted by molar-refractivity contribution is 5.98. The smallest absolute Gasteiger partial charge is 0.321 e. The van der Waals surface area contributed by atoms with E-state index in [-0.39, 0.29) is 18.2 Å². The van der Waals surface area contributed by atoms with Gasteiger partial charge in [0, 0.05) is 18.0 Å². The van der Waals surface area contributed by atoms with Crippen LogP contribution < -0.4 is 5.32 Å². The molecule has 1 unspecified atom stereocenters. The highest BCUT2D eigenvalue weighted by Crippen LogP contribution is 2.14. The maximum Gasteiger partial charge on any atom is 0.321 e. The fraction of sp³-hybridized carbons (Fsp3) is 0.222. The van der Waals surface area contributed by atoms with Gasteiger partial charge in [-0.3, -0.25) is 14.9 Å². The Bertz CT molecular complexity index is 625. The van der Waals surface area contributed by atoms with Crippen LogP contribution in [0.3, 0.4) is 0 Å². The molecule has 2 rings (SSSR count). The molecule has 0 heterocycles. The predicted octanol–water partition coefficient (Wildman–Crippen LogP) is 3.06. The van der Waals surface area contributed by atoms with Crippen molar-refractivity contribution in [2.45, 2.75) is 25.4 Å². The molecule has 0 fully saturated rings. The summed E-state index contributed by atoms with van der Waals surface area (Å²) in [6.07, 6.45) is -0.0729. The van der Waals surface area contributed by atoms with Gasteiger partial charge in [-0.15, -0.1) is 0 Å². The van der Waals surface area contributed by atoms with E-state index in [1.165, 1.54) is 0 Å². The number of carbonyl (C=O) groups is 2. The minimum atomic E-state index is -1.02. The second kappa shape index (κ2) is 7.52. The summed E-state index contributed by atoms with van der Waals surface area (Å²) in [5.41, 5.74) is 1.52. The normalized spacial score (nSPS) is 13.3. The van der Waals surface area contributed by atoms with Crippen molar-refractivity contribution in [2.75, 3.05) is 0 Å². The summed E-state index contributed by atoms with van der Waals surface area (Å²) in [6.45, 7) is 1.89. The molecule has 114 valence electrons. The van der Waals surface area contributed by atoms with Crippen LogP contribution in [-0.2, 0) is 4.79 Å². The largest absolute Gasteiger partial charge is 0.480 e. The quantitative estimate of drug-likeness (QED) is 0.771. The lowest BCUT2D eigenvalue weighted by Crippen LogP contribution is -2.40. The van der Waals surface area contributed by atoms with Gasteiger partial charge >= 0.3 is 5.97 Å². The highest BCUT2D eigenvalue weighted by Gasteiger charge is 2.23. The zero-order valence-electron chi connectivity index (χ0n) is 12.4. The summed E-state index contributed by atoms with van der Waals surface area (Å²) in [6, 6.07) is 17.2. The van der Waals surface area contributed by atoms with Gasteiger partial charge < -0.3 is 5.11 Å². The van der Waals surface area contributed by atoms with Crippen LogP contribution in [0.25, 0.3) is 0 Å². The van der Waals surface area contributed by atoms with Gasteiger partial charge in [0.2, 0.25) is 0 Å². The molecule has 0 saturated carbocycles. The first-order valence-corrected chi connectivity index (χ1v) is 7.20. The zero-order chi connectivity index (χ0) is 15.9. The Balaban J connectivity index is 2.04. The Hall–Kier alpha value is -2.46. The van der Waals surface area contributed by atoms with Crippen LogP contribution in [0, 0.1) is 0 Å². The van der Waals surface area contributed by atoms with E-state index >= 15 is 0 Å². The lowest BCUT2D eigenvalue weighted by molar-refractivity contribution is -0.139. The lowest BCUT2D eigenvalue weighted by atomic mass is 10.0. The summed E-state index contributed by atoms with van der Waals surface area (Å²) in [7, 11) is 0. The van der Waals surface area contributed by atoms with E-state index in [0.717, 1.165) is 5.56 Å². The molecule has 0 amide bonds. The van der Waals surface area contributed by atoms with Gasteiger partial charge in [-0.25, -0.2) is 0 Å². The number of carboxylic acid groups (broad SMARTS) is 1. The Morgan fingerprint density at radius 2 is 1.55 bits per heavy atom. The Morgan fingerprint density at radius 1 is 1.00 bits per heavy atom. The van der Waals surface area contributed by atoms with E-state index in [1.54, 1.807) is 24.3 Å². The van der Waals surface area contributed by atoms with E-state index in [9.17, 15) is 14.7 Å². The number of ketones is 1. The monoisotopic (exact) mass is 297 g/mol. The number of benzene rings is 2. The van der Waals surface area contributed by atoms with Crippen molar-refractivity contribution in [1.29, 1.82) is 0 Å². The van der Waals surface area contributed by atoms with Gasteiger partial charge in [0.05, 0.1) is 0 Å². The number of Topliss-reactive ketones (excluding diaryl/α,β-unsaturated/α-hetero) is 1. The summed E-state index contributed by atoms with van der Waals surface area (Å²) in [5.74, 6) is -1.20. The maximum absolute atomic E-state index is 12.2. The molecule has 4 nitrogen and oxygen atoms in total. The number of rotatable bonds is 7. The van der Waals surface area contributed by atoms with E-state index in [2.05, 4.69) is 5.32 Å². The first kappa shape index (κ1) is 15.9. The number of carbonyl (C=O) groups excluding carboxylic acids is 1. The molecule has 0 aliphatic rings. The van der Waals surface area contributed by atoms with Crippen LogP contribution in [0.1, 0.15) is 35.3 Å². The minimum absolute atomic E-state index is 0.0729. The summed E-state index contributed by atoms with van der Waals surface area (Å²) in [5, 5.41) is 12.4. The first-order valence-electron chi connectivity index (χ1n) is 7.20. The minimum Gasteiger partial charge on any atom is -0.480 e. The van der Waals surface area contributed by atoms with Gasteiger partial charge in [0.15, 0.2) is 5.78 Å². The Kier molecular flexibility index (Phi) is 5.44. The lowest BCUT2D eigenvalue weighted by Gasteiger charge is -2.20. The molecule has 2 N–H and O–H groups in total. The van der Waals surface area contributed by atoms with Gasteiger partial charge in [0.25, 0.3) is 0 Å². The molecule has 0 radical (unpaired) electrons. The number of aliphatic carboxylic acids is 1. The van der Waals surface area contributed by atoms with Crippen LogP contribution in [0.4, 0.5) is 0 Å². The second-order valence-corrected chi connectivity index (χ2v) is 5.18. The van der Waals surface area contributed by atoms with Crippen molar-refractivity contribution in [3.63, 3.8) is 0 Å². The van der Waals surface area contributed by atoms with Crippen LogP contribution in [0.5, 0.6) is 0 Å². The SMILES string of the molecule is C[C@H](NC(CC(=O)c1ccccc1)C(=O)O)c1ccccc1. The number of carboxylic acids is 1. The fourth-order valence-corrected chi connectivity index (χ4v) is 2.28. The number of hydrogen-bond donors (Lipinski definition) is 2.